The van der Waals surface area contributed by atoms with Crippen molar-refractivity contribution in [1.29, 1.82) is 0 Å². The van der Waals surface area contributed by atoms with Crippen molar-refractivity contribution in [2.75, 3.05) is 0 Å². The first-order chi connectivity index (χ1) is 7.83. The lowest BCUT2D eigenvalue weighted by atomic mass is 10.2. The SMILES string of the molecule is O=C(CCCC=S)NNCc1ccccc1. The molecule has 0 bridgehead atoms. The number of carbonyl (C=O) groups excluding carboxylic acids is 1. The van der Waals surface area contributed by atoms with Gasteiger partial charge in [0, 0.05) is 13.0 Å². The molecule has 0 aliphatic heterocycles. The maximum Gasteiger partial charge on any atom is 0.234 e. The Bertz CT molecular complexity index is 327. The molecule has 1 aromatic carbocycles. The van der Waals surface area contributed by atoms with Crippen LogP contribution in [-0.2, 0) is 11.3 Å². The zero-order valence-electron chi connectivity index (χ0n) is 9.11. The highest BCUT2D eigenvalue weighted by molar-refractivity contribution is 7.78. The molecule has 3 nitrogen and oxygen atoms in total. The Kier molecular flexibility index (Phi) is 6.37. The highest BCUT2D eigenvalue weighted by Gasteiger charge is 1.98. The summed E-state index contributed by atoms with van der Waals surface area (Å²) in [5.41, 5.74) is 6.69. The van der Waals surface area contributed by atoms with Gasteiger partial charge in [0.2, 0.25) is 5.91 Å². The first kappa shape index (κ1) is 12.8. The average Bonchev–Trinajstić information content (AvgIpc) is 2.31. The predicted octanol–water partition coefficient (Wildman–Crippen LogP) is 1.98. The van der Waals surface area contributed by atoms with Gasteiger partial charge < -0.3 is 0 Å². The van der Waals surface area contributed by atoms with Crippen molar-refractivity contribution in [3.63, 3.8) is 0 Å². The Morgan fingerprint density at radius 2 is 2.06 bits per heavy atom. The van der Waals surface area contributed by atoms with Crippen molar-refractivity contribution >= 4 is 23.5 Å². The third-order valence-electron chi connectivity index (χ3n) is 2.09. The summed E-state index contributed by atoms with van der Waals surface area (Å²) in [7, 11) is 0. The molecule has 0 aliphatic rings. The van der Waals surface area contributed by atoms with Crippen LogP contribution in [0.25, 0.3) is 0 Å². The number of benzene rings is 1. The summed E-state index contributed by atoms with van der Waals surface area (Å²) in [6, 6.07) is 9.92. The minimum atomic E-state index is 0.00720. The molecule has 0 unspecified atom stereocenters. The van der Waals surface area contributed by atoms with E-state index in [0.29, 0.717) is 13.0 Å². The van der Waals surface area contributed by atoms with Crippen LogP contribution in [0.1, 0.15) is 24.8 Å². The fourth-order valence-corrected chi connectivity index (χ4v) is 1.42. The van der Waals surface area contributed by atoms with Gasteiger partial charge in [0.1, 0.15) is 0 Å². The molecule has 0 radical (unpaired) electrons. The smallest absolute Gasteiger partial charge is 0.234 e. The van der Waals surface area contributed by atoms with E-state index in [-0.39, 0.29) is 5.91 Å². The summed E-state index contributed by atoms with van der Waals surface area (Å²) >= 11 is 4.68. The zero-order valence-corrected chi connectivity index (χ0v) is 9.93. The normalized spacial score (nSPS) is 9.75. The van der Waals surface area contributed by atoms with Gasteiger partial charge in [0.25, 0.3) is 0 Å². The van der Waals surface area contributed by atoms with Crippen LogP contribution in [0.4, 0.5) is 0 Å². The van der Waals surface area contributed by atoms with Crippen molar-refractivity contribution in [2.45, 2.75) is 25.8 Å². The fraction of sp³-hybridized carbons (Fsp3) is 0.333. The topological polar surface area (TPSA) is 41.1 Å². The number of hydrogen-bond donors (Lipinski definition) is 2. The Morgan fingerprint density at radius 1 is 1.31 bits per heavy atom. The monoisotopic (exact) mass is 236 g/mol. The summed E-state index contributed by atoms with van der Waals surface area (Å²) in [5.74, 6) is 0.00720. The summed E-state index contributed by atoms with van der Waals surface area (Å²) in [6.45, 7) is 0.639. The lowest BCUT2D eigenvalue weighted by molar-refractivity contribution is -0.122. The molecular formula is C12H16N2OS. The van der Waals surface area contributed by atoms with Crippen molar-refractivity contribution in [1.82, 2.24) is 10.9 Å². The Labute approximate surface area is 101 Å². The van der Waals surface area contributed by atoms with Gasteiger partial charge in [-0.1, -0.05) is 42.5 Å². The molecule has 2 N–H and O–H groups in total. The van der Waals surface area contributed by atoms with Gasteiger partial charge in [0.05, 0.1) is 0 Å². The lowest BCUT2D eigenvalue weighted by Gasteiger charge is -2.06. The molecule has 86 valence electrons. The van der Waals surface area contributed by atoms with Crippen LogP contribution >= 0.6 is 12.2 Å². The molecule has 0 atom stereocenters. The molecule has 0 heterocycles. The Hall–Kier alpha value is -1.26. The van der Waals surface area contributed by atoms with Gasteiger partial charge in [-0.25, -0.2) is 5.43 Å². The second kappa shape index (κ2) is 7.96. The van der Waals surface area contributed by atoms with E-state index in [1.165, 1.54) is 0 Å². The first-order valence-electron chi connectivity index (χ1n) is 5.32. The number of carbonyl (C=O) groups is 1. The zero-order chi connectivity index (χ0) is 11.6. The molecule has 0 saturated carbocycles. The van der Waals surface area contributed by atoms with Gasteiger partial charge >= 0.3 is 0 Å². The van der Waals surface area contributed by atoms with Crippen LogP contribution in [0.5, 0.6) is 0 Å². The second-order valence-corrected chi connectivity index (χ2v) is 3.78. The largest absolute Gasteiger partial charge is 0.291 e. The van der Waals surface area contributed by atoms with E-state index in [4.69, 9.17) is 0 Å². The number of rotatable bonds is 7. The second-order valence-electron chi connectivity index (χ2n) is 3.45. The molecule has 16 heavy (non-hydrogen) atoms. The van der Waals surface area contributed by atoms with E-state index in [9.17, 15) is 4.79 Å². The minimum absolute atomic E-state index is 0.00720. The van der Waals surface area contributed by atoms with Crippen LogP contribution < -0.4 is 10.9 Å². The first-order valence-corrected chi connectivity index (χ1v) is 5.79. The van der Waals surface area contributed by atoms with E-state index >= 15 is 0 Å². The molecule has 4 heteroatoms. The molecule has 0 fully saturated rings. The number of hydrogen-bond acceptors (Lipinski definition) is 3. The van der Waals surface area contributed by atoms with E-state index < -0.39 is 0 Å². The fourth-order valence-electron chi connectivity index (χ4n) is 1.25. The summed E-state index contributed by atoms with van der Waals surface area (Å²) in [6.07, 6.45) is 2.12. The van der Waals surface area contributed by atoms with E-state index in [1.54, 1.807) is 5.37 Å². The van der Waals surface area contributed by atoms with Crippen molar-refractivity contribution in [3.05, 3.63) is 35.9 Å². The quantitative estimate of drug-likeness (QED) is 0.432. The molecular weight excluding hydrogens is 220 g/mol. The number of nitrogens with one attached hydrogen (secondary N) is 2. The number of thiocarbonyl (C=S) groups is 1. The molecule has 1 amide bonds. The van der Waals surface area contributed by atoms with Crippen LogP contribution in [0, 0.1) is 0 Å². The van der Waals surface area contributed by atoms with Gasteiger partial charge in [-0.05, 0) is 23.8 Å². The minimum Gasteiger partial charge on any atom is -0.291 e. The summed E-state index contributed by atoms with van der Waals surface area (Å²) in [4.78, 5) is 11.3. The van der Waals surface area contributed by atoms with Gasteiger partial charge in [-0.15, -0.1) is 0 Å². The van der Waals surface area contributed by atoms with E-state index in [1.807, 2.05) is 30.3 Å². The van der Waals surface area contributed by atoms with Gasteiger partial charge in [0.15, 0.2) is 0 Å². The van der Waals surface area contributed by atoms with E-state index in [2.05, 4.69) is 23.1 Å². The Balaban J connectivity index is 2.11. The molecule has 1 rings (SSSR count). The highest BCUT2D eigenvalue weighted by Crippen LogP contribution is 1.96. The van der Waals surface area contributed by atoms with Crippen molar-refractivity contribution < 1.29 is 4.79 Å². The highest BCUT2D eigenvalue weighted by atomic mass is 32.1. The molecule has 1 aromatic rings. The molecule has 0 saturated heterocycles. The standard InChI is InChI=1S/C12H16N2OS/c15-12(8-4-5-9-16)14-13-10-11-6-2-1-3-7-11/h1-3,6-7,9,13H,4-5,8,10H2,(H,14,15). The third-order valence-corrected chi connectivity index (χ3v) is 2.32. The van der Waals surface area contributed by atoms with Crippen LogP contribution in [-0.4, -0.2) is 11.3 Å². The number of hydrazine groups is 1. The van der Waals surface area contributed by atoms with Crippen LogP contribution in [0.3, 0.4) is 0 Å². The average molecular weight is 236 g/mol. The Morgan fingerprint density at radius 3 is 2.75 bits per heavy atom. The van der Waals surface area contributed by atoms with Gasteiger partial charge in [-0.3, -0.25) is 10.2 Å². The molecule has 0 aromatic heterocycles. The third kappa shape index (κ3) is 5.58. The number of amides is 1. The van der Waals surface area contributed by atoms with E-state index in [0.717, 1.165) is 18.4 Å². The lowest BCUT2D eigenvalue weighted by Crippen LogP contribution is -2.36. The molecule has 0 spiro atoms. The summed E-state index contributed by atoms with van der Waals surface area (Å²) in [5, 5.41) is 1.66. The van der Waals surface area contributed by atoms with Crippen LogP contribution in [0.15, 0.2) is 30.3 Å². The van der Waals surface area contributed by atoms with Crippen molar-refractivity contribution in [3.8, 4) is 0 Å². The van der Waals surface area contributed by atoms with Crippen LogP contribution in [0.2, 0.25) is 0 Å². The predicted molar refractivity (Wildman–Crippen MR) is 68.9 cm³/mol. The maximum absolute atomic E-state index is 11.3. The van der Waals surface area contributed by atoms with Gasteiger partial charge in [-0.2, -0.15) is 0 Å². The summed E-state index contributed by atoms with van der Waals surface area (Å²) < 4.78 is 0. The van der Waals surface area contributed by atoms with Crippen molar-refractivity contribution in [2.24, 2.45) is 0 Å². The maximum atomic E-state index is 11.3. The number of unbranched alkanes of at least 4 members (excludes halogenated alkanes) is 1. The molecule has 0 aliphatic carbocycles.